The molecule has 3 nitrogen and oxygen atoms in total. The van der Waals surface area contributed by atoms with Gasteiger partial charge in [-0.05, 0) is 41.5 Å². The lowest BCUT2D eigenvalue weighted by molar-refractivity contribution is 0.601. The van der Waals surface area contributed by atoms with Crippen LogP contribution in [0.5, 0.6) is 0 Å². The molecule has 0 aromatic heterocycles. The minimum Gasteiger partial charge on any atom is -0.280 e. The van der Waals surface area contributed by atoms with Gasteiger partial charge in [-0.2, -0.15) is 0 Å². The van der Waals surface area contributed by atoms with Gasteiger partial charge in [0.25, 0.3) is 10.0 Å². The zero-order chi connectivity index (χ0) is 17.2. The van der Waals surface area contributed by atoms with E-state index in [2.05, 4.69) is 4.72 Å². The van der Waals surface area contributed by atoms with Crippen molar-refractivity contribution in [3.8, 4) is 11.1 Å². The lowest BCUT2D eigenvalue weighted by Crippen LogP contribution is -2.12. The van der Waals surface area contributed by atoms with E-state index >= 15 is 0 Å². The van der Waals surface area contributed by atoms with E-state index in [-0.39, 0.29) is 9.92 Å². The second kappa shape index (κ2) is 6.85. The molecule has 0 bridgehead atoms. The second-order valence-electron chi connectivity index (χ2n) is 5.13. The van der Waals surface area contributed by atoms with E-state index in [4.69, 9.17) is 23.2 Å². The van der Waals surface area contributed by atoms with Crippen LogP contribution < -0.4 is 4.72 Å². The molecule has 3 aromatic rings. The van der Waals surface area contributed by atoms with Gasteiger partial charge in [0.1, 0.15) is 0 Å². The van der Waals surface area contributed by atoms with Crippen LogP contribution in [0.4, 0.5) is 5.69 Å². The lowest BCUT2D eigenvalue weighted by Gasteiger charge is -2.10. The van der Waals surface area contributed by atoms with Gasteiger partial charge in [-0.15, -0.1) is 0 Å². The molecule has 0 unspecified atom stereocenters. The van der Waals surface area contributed by atoms with E-state index < -0.39 is 10.0 Å². The molecule has 6 heteroatoms. The standard InChI is InChI=1S/C18H13Cl2NO2S/c19-17-10-9-16(12-18(17)20)24(22,23)21-15-8-4-7-14(11-15)13-5-2-1-3-6-13/h1-12,21H. The number of rotatable bonds is 4. The summed E-state index contributed by atoms with van der Waals surface area (Å²) in [5.74, 6) is 0. The predicted octanol–water partition coefficient (Wildman–Crippen LogP) is 5.46. The predicted molar refractivity (Wildman–Crippen MR) is 99.1 cm³/mol. The van der Waals surface area contributed by atoms with E-state index in [1.165, 1.54) is 18.2 Å². The molecule has 0 atom stereocenters. The van der Waals surface area contributed by atoms with Gasteiger partial charge >= 0.3 is 0 Å². The van der Waals surface area contributed by atoms with Gasteiger partial charge in [-0.3, -0.25) is 4.72 Å². The summed E-state index contributed by atoms with van der Waals surface area (Å²) in [6.45, 7) is 0. The molecule has 0 aliphatic rings. The number of benzene rings is 3. The molecule has 0 heterocycles. The Morgan fingerprint density at radius 3 is 2.12 bits per heavy atom. The Kier molecular flexibility index (Phi) is 4.81. The summed E-state index contributed by atoms with van der Waals surface area (Å²) in [4.78, 5) is 0.0574. The van der Waals surface area contributed by atoms with Gasteiger partial charge in [0.15, 0.2) is 0 Å². The highest BCUT2D eigenvalue weighted by molar-refractivity contribution is 7.92. The monoisotopic (exact) mass is 377 g/mol. The first-order valence-corrected chi connectivity index (χ1v) is 9.33. The molecule has 0 saturated carbocycles. The van der Waals surface area contributed by atoms with Crippen LogP contribution >= 0.6 is 23.2 Å². The van der Waals surface area contributed by atoms with Crippen molar-refractivity contribution in [2.75, 3.05) is 4.72 Å². The molecule has 0 saturated heterocycles. The normalized spacial score (nSPS) is 11.2. The van der Waals surface area contributed by atoms with E-state index in [1.54, 1.807) is 18.2 Å². The van der Waals surface area contributed by atoms with Crippen LogP contribution in [0.3, 0.4) is 0 Å². The Labute approximate surface area is 150 Å². The summed E-state index contributed by atoms with van der Waals surface area (Å²) in [5.41, 5.74) is 2.40. The van der Waals surface area contributed by atoms with Crippen LogP contribution in [0.1, 0.15) is 0 Å². The summed E-state index contributed by atoms with van der Waals surface area (Å²) in [7, 11) is -3.74. The van der Waals surface area contributed by atoms with Crippen LogP contribution in [-0.4, -0.2) is 8.42 Å². The van der Waals surface area contributed by atoms with Crippen molar-refractivity contribution in [1.29, 1.82) is 0 Å². The van der Waals surface area contributed by atoms with Crippen LogP contribution in [0.15, 0.2) is 77.7 Å². The van der Waals surface area contributed by atoms with Gasteiger partial charge in [-0.25, -0.2) is 8.42 Å². The molecule has 122 valence electrons. The fraction of sp³-hybridized carbons (Fsp3) is 0. The molecule has 0 fully saturated rings. The van der Waals surface area contributed by atoms with Crippen molar-refractivity contribution in [2.45, 2.75) is 4.90 Å². The number of anilines is 1. The zero-order valence-corrected chi connectivity index (χ0v) is 14.7. The largest absolute Gasteiger partial charge is 0.280 e. The molecule has 0 radical (unpaired) electrons. The quantitative estimate of drug-likeness (QED) is 0.655. The highest BCUT2D eigenvalue weighted by atomic mass is 35.5. The zero-order valence-electron chi connectivity index (χ0n) is 12.4. The molecular weight excluding hydrogens is 365 g/mol. The number of hydrogen-bond donors (Lipinski definition) is 1. The van der Waals surface area contributed by atoms with Crippen LogP contribution in [0.2, 0.25) is 10.0 Å². The van der Waals surface area contributed by atoms with E-state index in [0.717, 1.165) is 11.1 Å². The van der Waals surface area contributed by atoms with Crippen LogP contribution in [0, 0.1) is 0 Å². The van der Waals surface area contributed by atoms with Gasteiger partial charge in [0, 0.05) is 5.69 Å². The van der Waals surface area contributed by atoms with Gasteiger partial charge in [0.2, 0.25) is 0 Å². The highest BCUT2D eigenvalue weighted by Gasteiger charge is 2.16. The molecule has 1 N–H and O–H groups in total. The average molecular weight is 378 g/mol. The smallest absolute Gasteiger partial charge is 0.261 e. The van der Waals surface area contributed by atoms with Crippen LogP contribution in [-0.2, 0) is 10.0 Å². The summed E-state index contributed by atoms with van der Waals surface area (Å²) >= 11 is 11.7. The number of sulfonamides is 1. The van der Waals surface area contributed by atoms with E-state index in [0.29, 0.717) is 10.7 Å². The third kappa shape index (κ3) is 3.73. The van der Waals surface area contributed by atoms with Crippen molar-refractivity contribution in [2.24, 2.45) is 0 Å². The van der Waals surface area contributed by atoms with Crippen LogP contribution in [0.25, 0.3) is 11.1 Å². The third-order valence-corrected chi connectivity index (χ3v) is 5.54. The Morgan fingerprint density at radius 2 is 1.42 bits per heavy atom. The molecule has 24 heavy (non-hydrogen) atoms. The second-order valence-corrected chi connectivity index (χ2v) is 7.63. The molecule has 3 rings (SSSR count). The summed E-state index contributed by atoms with van der Waals surface area (Å²) in [5, 5.41) is 0.499. The number of nitrogens with one attached hydrogen (secondary N) is 1. The number of halogens is 2. The minimum atomic E-state index is -3.74. The summed E-state index contributed by atoms with van der Waals surface area (Å²) in [6, 6.07) is 21.1. The number of hydrogen-bond acceptors (Lipinski definition) is 2. The molecule has 0 amide bonds. The summed E-state index contributed by atoms with van der Waals surface area (Å²) < 4.78 is 27.6. The molecule has 0 aliphatic heterocycles. The third-order valence-electron chi connectivity index (χ3n) is 3.42. The fourth-order valence-electron chi connectivity index (χ4n) is 2.25. The van der Waals surface area contributed by atoms with Crippen molar-refractivity contribution < 1.29 is 8.42 Å². The maximum atomic E-state index is 12.5. The summed E-state index contributed by atoms with van der Waals surface area (Å²) in [6.07, 6.45) is 0. The van der Waals surface area contributed by atoms with E-state index in [9.17, 15) is 8.42 Å². The van der Waals surface area contributed by atoms with Gasteiger partial charge < -0.3 is 0 Å². The van der Waals surface area contributed by atoms with Crippen molar-refractivity contribution in [3.05, 3.63) is 82.8 Å². The maximum absolute atomic E-state index is 12.5. The maximum Gasteiger partial charge on any atom is 0.261 e. The van der Waals surface area contributed by atoms with Gasteiger partial charge in [0.05, 0.1) is 14.9 Å². The average Bonchev–Trinajstić information content (AvgIpc) is 2.58. The first kappa shape index (κ1) is 16.8. The topological polar surface area (TPSA) is 46.2 Å². The van der Waals surface area contributed by atoms with E-state index in [1.807, 2.05) is 36.4 Å². The Balaban J connectivity index is 1.92. The lowest BCUT2D eigenvalue weighted by atomic mass is 10.1. The Bertz CT molecular complexity index is 973. The SMILES string of the molecule is O=S(=O)(Nc1cccc(-c2ccccc2)c1)c1ccc(Cl)c(Cl)c1. The Hall–Kier alpha value is -2.01. The molecule has 0 aliphatic carbocycles. The molecule has 3 aromatic carbocycles. The molecule has 0 spiro atoms. The highest BCUT2D eigenvalue weighted by Crippen LogP contribution is 2.27. The minimum absolute atomic E-state index is 0.0574. The van der Waals surface area contributed by atoms with Gasteiger partial charge in [-0.1, -0.05) is 65.7 Å². The van der Waals surface area contributed by atoms with Crippen molar-refractivity contribution in [3.63, 3.8) is 0 Å². The van der Waals surface area contributed by atoms with Crippen molar-refractivity contribution >= 4 is 38.9 Å². The molecular formula is C18H13Cl2NO2S. The first-order chi connectivity index (χ1) is 11.5. The fourth-order valence-corrected chi connectivity index (χ4v) is 3.69. The Morgan fingerprint density at radius 1 is 0.708 bits per heavy atom. The van der Waals surface area contributed by atoms with Crippen molar-refractivity contribution in [1.82, 2.24) is 0 Å². The first-order valence-electron chi connectivity index (χ1n) is 7.09.